The van der Waals surface area contributed by atoms with Crippen LogP contribution in [0.1, 0.15) is 23.6 Å². The minimum Gasteiger partial charge on any atom is -0.489 e. The van der Waals surface area contributed by atoms with Crippen molar-refractivity contribution in [1.29, 1.82) is 5.26 Å². The number of nitrogens with zero attached hydrogens (tertiary/aromatic N) is 1. The summed E-state index contributed by atoms with van der Waals surface area (Å²) in [5.74, 6) is 1.01. The average Bonchev–Trinajstić information content (AvgIpc) is 3.22. The van der Waals surface area contributed by atoms with Crippen LogP contribution in [0.4, 0.5) is 4.39 Å². The molecule has 4 rings (SSSR count). The Kier molecular flexibility index (Phi) is 5.81. The molecule has 162 valence electrons. The van der Waals surface area contributed by atoms with Gasteiger partial charge in [-0.3, -0.25) is 4.79 Å². The van der Waals surface area contributed by atoms with Crippen molar-refractivity contribution in [3.05, 3.63) is 71.0 Å². The lowest BCUT2D eigenvalue weighted by molar-refractivity contribution is -0.131. The van der Waals surface area contributed by atoms with Gasteiger partial charge >= 0.3 is 5.97 Å². The van der Waals surface area contributed by atoms with Crippen LogP contribution < -0.4 is 23.7 Å². The van der Waals surface area contributed by atoms with E-state index in [1.807, 2.05) is 12.1 Å². The number of hydrogen-bond acceptors (Lipinski definition) is 7. The number of esters is 1. The number of hydrogen-bond donors (Lipinski definition) is 0. The van der Waals surface area contributed by atoms with Crippen molar-refractivity contribution in [2.24, 2.45) is 0 Å². The zero-order chi connectivity index (χ0) is 22.7. The Labute approximate surface area is 183 Å². The molecule has 0 aliphatic carbocycles. The zero-order valence-corrected chi connectivity index (χ0v) is 17.3. The second-order valence-corrected chi connectivity index (χ2v) is 6.99. The molecule has 8 heteroatoms. The van der Waals surface area contributed by atoms with Gasteiger partial charge in [-0.25, -0.2) is 4.39 Å². The molecule has 0 fully saturated rings. The fourth-order valence-electron chi connectivity index (χ4n) is 3.11. The summed E-state index contributed by atoms with van der Waals surface area (Å²) < 4.78 is 41.7. The summed E-state index contributed by atoms with van der Waals surface area (Å²) in [6.45, 7) is 3.36. The van der Waals surface area contributed by atoms with Gasteiger partial charge in [0.15, 0.2) is 17.2 Å². The van der Waals surface area contributed by atoms with Crippen LogP contribution in [-0.4, -0.2) is 12.8 Å². The van der Waals surface area contributed by atoms with E-state index in [2.05, 4.69) is 0 Å². The Morgan fingerprint density at radius 2 is 1.88 bits per heavy atom. The van der Waals surface area contributed by atoms with Gasteiger partial charge in [0.25, 0.3) is 0 Å². The van der Waals surface area contributed by atoms with Crippen LogP contribution in [0.5, 0.6) is 34.5 Å². The summed E-state index contributed by atoms with van der Waals surface area (Å²) in [5, 5.41) is 9.37. The minimum absolute atomic E-state index is 0.00724. The van der Waals surface area contributed by atoms with E-state index < -0.39 is 11.8 Å². The highest BCUT2D eigenvalue weighted by Crippen LogP contribution is 2.35. The van der Waals surface area contributed by atoms with E-state index in [1.165, 1.54) is 13.0 Å². The lowest BCUT2D eigenvalue weighted by Crippen LogP contribution is -2.03. The van der Waals surface area contributed by atoms with Crippen LogP contribution in [0.15, 0.2) is 48.5 Å². The third-order valence-corrected chi connectivity index (χ3v) is 4.61. The van der Waals surface area contributed by atoms with Gasteiger partial charge in [-0.05, 0) is 48.4 Å². The van der Waals surface area contributed by atoms with E-state index in [0.29, 0.717) is 28.6 Å². The maximum Gasteiger partial charge on any atom is 0.308 e. The van der Waals surface area contributed by atoms with Crippen molar-refractivity contribution in [3.63, 3.8) is 0 Å². The summed E-state index contributed by atoms with van der Waals surface area (Å²) in [6.07, 6.45) is 0. The van der Waals surface area contributed by atoms with Crippen molar-refractivity contribution in [2.75, 3.05) is 6.79 Å². The molecule has 0 N–H and O–H groups in total. The standard InChI is InChI=1S/C24H18FNO6/c1-14-7-17(4-6-21(14)31-15(2)27)32-23-10-18(9-20(25)19(23)11-26)28-12-16-3-5-22-24(8-16)30-13-29-22/h3-10H,12-13H2,1-2H3. The Morgan fingerprint density at radius 1 is 1.06 bits per heavy atom. The number of carbonyl (C=O) groups is 1. The molecule has 1 heterocycles. The molecule has 1 aliphatic rings. The summed E-state index contributed by atoms with van der Waals surface area (Å²) in [4.78, 5) is 11.2. The van der Waals surface area contributed by atoms with Crippen molar-refractivity contribution >= 4 is 5.97 Å². The lowest BCUT2D eigenvalue weighted by atomic mass is 10.1. The van der Waals surface area contributed by atoms with Gasteiger partial charge in [-0.2, -0.15) is 5.26 Å². The van der Waals surface area contributed by atoms with Gasteiger partial charge in [0.2, 0.25) is 6.79 Å². The van der Waals surface area contributed by atoms with Gasteiger partial charge in [0.1, 0.15) is 41.3 Å². The molecular weight excluding hydrogens is 417 g/mol. The third-order valence-electron chi connectivity index (χ3n) is 4.61. The predicted molar refractivity (Wildman–Crippen MR) is 111 cm³/mol. The molecular formula is C24H18FNO6. The number of aryl methyl sites for hydroxylation is 1. The van der Waals surface area contributed by atoms with E-state index in [4.69, 9.17) is 23.7 Å². The van der Waals surface area contributed by atoms with Crippen LogP contribution >= 0.6 is 0 Å². The summed E-state index contributed by atoms with van der Waals surface area (Å²) in [5.41, 5.74) is 1.20. The summed E-state index contributed by atoms with van der Waals surface area (Å²) >= 11 is 0. The van der Waals surface area contributed by atoms with Crippen LogP contribution in [0, 0.1) is 24.1 Å². The molecule has 0 saturated heterocycles. The van der Waals surface area contributed by atoms with Crippen molar-refractivity contribution in [3.8, 4) is 40.6 Å². The van der Waals surface area contributed by atoms with Gasteiger partial charge in [-0.1, -0.05) is 6.07 Å². The number of rotatable bonds is 6. The van der Waals surface area contributed by atoms with Crippen LogP contribution in [0.3, 0.4) is 0 Å². The molecule has 0 radical (unpaired) electrons. The first kappa shape index (κ1) is 21.0. The maximum atomic E-state index is 14.5. The SMILES string of the molecule is CC(=O)Oc1ccc(Oc2cc(OCc3ccc4c(c3)OCO4)cc(F)c2C#N)cc1C. The largest absolute Gasteiger partial charge is 0.489 e. The minimum atomic E-state index is -0.765. The smallest absolute Gasteiger partial charge is 0.308 e. The van der Waals surface area contributed by atoms with Gasteiger partial charge in [-0.15, -0.1) is 0 Å². The van der Waals surface area contributed by atoms with E-state index in [0.717, 1.165) is 11.6 Å². The van der Waals surface area contributed by atoms with E-state index in [9.17, 15) is 14.4 Å². The molecule has 7 nitrogen and oxygen atoms in total. The third kappa shape index (κ3) is 4.57. The van der Waals surface area contributed by atoms with Gasteiger partial charge < -0.3 is 23.7 Å². The van der Waals surface area contributed by atoms with E-state index >= 15 is 0 Å². The lowest BCUT2D eigenvalue weighted by Gasteiger charge is -2.13. The van der Waals surface area contributed by atoms with Gasteiger partial charge in [0.05, 0.1) is 0 Å². The van der Waals surface area contributed by atoms with Gasteiger partial charge in [0, 0.05) is 19.1 Å². The fourth-order valence-corrected chi connectivity index (χ4v) is 3.11. The molecule has 0 amide bonds. The Balaban J connectivity index is 1.54. The van der Waals surface area contributed by atoms with E-state index in [1.54, 1.807) is 37.3 Å². The Morgan fingerprint density at radius 3 is 2.62 bits per heavy atom. The predicted octanol–water partition coefficient (Wildman–Crippen LogP) is 5.03. The Hall–Kier alpha value is -4.25. The first-order valence-electron chi connectivity index (χ1n) is 9.65. The number of halogens is 1. The fraction of sp³-hybridized carbons (Fsp3) is 0.167. The number of benzene rings is 3. The summed E-state index contributed by atoms with van der Waals surface area (Å²) in [6, 6.07) is 14.5. The number of fused-ring (bicyclic) bond motifs is 1. The number of carbonyl (C=O) groups excluding carboxylic acids is 1. The molecule has 3 aromatic carbocycles. The Bertz CT molecular complexity index is 1230. The maximum absolute atomic E-state index is 14.5. The van der Waals surface area contributed by atoms with Crippen molar-refractivity contribution < 1.29 is 32.9 Å². The monoisotopic (exact) mass is 435 g/mol. The second kappa shape index (κ2) is 8.86. The topological polar surface area (TPSA) is 87.0 Å². The van der Waals surface area contributed by atoms with Crippen LogP contribution in [0.25, 0.3) is 0 Å². The quantitative estimate of drug-likeness (QED) is 0.396. The highest BCUT2D eigenvalue weighted by molar-refractivity contribution is 5.70. The van der Waals surface area contributed by atoms with E-state index in [-0.39, 0.29) is 30.5 Å². The van der Waals surface area contributed by atoms with Crippen LogP contribution in [-0.2, 0) is 11.4 Å². The molecule has 0 spiro atoms. The van der Waals surface area contributed by atoms with Crippen molar-refractivity contribution in [2.45, 2.75) is 20.5 Å². The normalized spacial score (nSPS) is 11.6. The molecule has 32 heavy (non-hydrogen) atoms. The average molecular weight is 435 g/mol. The number of nitriles is 1. The first-order valence-corrected chi connectivity index (χ1v) is 9.65. The molecule has 0 bridgehead atoms. The molecule has 1 aliphatic heterocycles. The molecule has 0 unspecified atom stereocenters. The molecule has 0 saturated carbocycles. The summed E-state index contributed by atoms with van der Waals surface area (Å²) in [7, 11) is 0. The highest BCUT2D eigenvalue weighted by atomic mass is 19.1. The number of ether oxygens (including phenoxy) is 5. The molecule has 0 aromatic heterocycles. The van der Waals surface area contributed by atoms with Crippen molar-refractivity contribution in [1.82, 2.24) is 0 Å². The zero-order valence-electron chi connectivity index (χ0n) is 17.3. The molecule has 0 atom stereocenters. The molecule has 3 aromatic rings. The highest BCUT2D eigenvalue weighted by Gasteiger charge is 2.16. The second-order valence-electron chi connectivity index (χ2n) is 6.99. The van der Waals surface area contributed by atoms with Crippen LogP contribution in [0.2, 0.25) is 0 Å². The first-order chi connectivity index (χ1) is 15.4.